The Hall–Kier alpha value is -2.04. The molecule has 2 rings (SSSR count). The molecule has 0 atom stereocenters. The summed E-state index contributed by atoms with van der Waals surface area (Å²) < 4.78 is 5.29. The molecule has 1 saturated heterocycles. The first-order valence-corrected chi connectivity index (χ1v) is 9.33. The van der Waals surface area contributed by atoms with E-state index in [1.165, 1.54) is 0 Å². The number of rotatable bonds is 7. The molecule has 0 aromatic heterocycles. The monoisotopic (exact) mass is 346 g/mol. The Labute approximate surface area is 150 Å². The number of carbonyl (C=O) groups is 2. The Kier molecular flexibility index (Phi) is 7.29. The van der Waals surface area contributed by atoms with Crippen LogP contribution in [0.15, 0.2) is 24.3 Å². The van der Waals surface area contributed by atoms with Gasteiger partial charge in [-0.3, -0.25) is 9.59 Å². The zero-order valence-electron chi connectivity index (χ0n) is 15.7. The lowest BCUT2D eigenvalue weighted by Gasteiger charge is -2.34. The highest BCUT2D eigenvalue weighted by Gasteiger charge is 2.30. The van der Waals surface area contributed by atoms with Gasteiger partial charge in [-0.25, -0.2) is 0 Å². The van der Waals surface area contributed by atoms with Gasteiger partial charge in [-0.15, -0.1) is 0 Å². The van der Waals surface area contributed by atoms with E-state index in [0.29, 0.717) is 24.4 Å². The van der Waals surface area contributed by atoms with Gasteiger partial charge >= 0.3 is 0 Å². The van der Waals surface area contributed by atoms with Crippen LogP contribution in [0.2, 0.25) is 0 Å². The fourth-order valence-electron chi connectivity index (χ4n) is 3.45. The molecule has 1 fully saturated rings. The summed E-state index contributed by atoms with van der Waals surface area (Å²) in [7, 11) is 1.58. The Morgan fingerprint density at radius 3 is 2.28 bits per heavy atom. The lowest BCUT2D eigenvalue weighted by Crippen LogP contribution is -2.44. The SMILES string of the molecule is CCCN(CCC)C(=O)C1CCN(C(=O)c2ccccc2OC)CC1. The maximum atomic E-state index is 12.7. The number of carbonyl (C=O) groups excluding carboxylic acids is 2. The lowest BCUT2D eigenvalue weighted by atomic mass is 9.94. The van der Waals surface area contributed by atoms with Gasteiger partial charge in [0.1, 0.15) is 5.75 Å². The van der Waals surface area contributed by atoms with Gasteiger partial charge in [-0.05, 0) is 37.8 Å². The first kappa shape index (κ1) is 19.3. The van der Waals surface area contributed by atoms with Crippen molar-refractivity contribution < 1.29 is 14.3 Å². The van der Waals surface area contributed by atoms with Crippen LogP contribution in [-0.4, -0.2) is 54.9 Å². The number of amides is 2. The van der Waals surface area contributed by atoms with Crippen LogP contribution >= 0.6 is 0 Å². The van der Waals surface area contributed by atoms with Gasteiger partial charge < -0.3 is 14.5 Å². The second kappa shape index (κ2) is 9.44. The van der Waals surface area contributed by atoms with E-state index in [1.54, 1.807) is 19.2 Å². The van der Waals surface area contributed by atoms with Crippen molar-refractivity contribution in [3.63, 3.8) is 0 Å². The van der Waals surface area contributed by atoms with Crippen LogP contribution in [0.1, 0.15) is 49.9 Å². The summed E-state index contributed by atoms with van der Waals surface area (Å²) >= 11 is 0. The van der Waals surface area contributed by atoms with E-state index in [9.17, 15) is 9.59 Å². The van der Waals surface area contributed by atoms with Gasteiger partial charge in [-0.1, -0.05) is 26.0 Å². The molecule has 2 amide bonds. The fourth-order valence-corrected chi connectivity index (χ4v) is 3.45. The largest absolute Gasteiger partial charge is 0.496 e. The number of hydrogen-bond acceptors (Lipinski definition) is 3. The summed E-state index contributed by atoms with van der Waals surface area (Å²) in [6.07, 6.45) is 3.45. The predicted octanol–water partition coefficient (Wildman–Crippen LogP) is 3.20. The second-order valence-electron chi connectivity index (χ2n) is 6.59. The molecule has 0 unspecified atom stereocenters. The predicted molar refractivity (Wildman–Crippen MR) is 98.8 cm³/mol. The average molecular weight is 346 g/mol. The Bertz CT molecular complexity index is 574. The normalized spacial score (nSPS) is 15.1. The summed E-state index contributed by atoms with van der Waals surface area (Å²) in [5.74, 6) is 0.887. The van der Waals surface area contributed by atoms with Crippen LogP contribution in [0.4, 0.5) is 0 Å². The Morgan fingerprint density at radius 2 is 1.72 bits per heavy atom. The molecule has 0 spiro atoms. The standard InChI is InChI=1S/C20H30N2O3/c1-4-12-21(13-5-2)19(23)16-10-14-22(15-11-16)20(24)17-8-6-7-9-18(17)25-3/h6-9,16H,4-5,10-15H2,1-3H3. The highest BCUT2D eigenvalue weighted by Crippen LogP contribution is 2.24. The number of nitrogens with zero attached hydrogens (tertiary/aromatic N) is 2. The number of benzene rings is 1. The zero-order chi connectivity index (χ0) is 18.2. The molecule has 5 nitrogen and oxygen atoms in total. The number of ether oxygens (including phenoxy) is 1. The lowest BCUT2D eigenvalue weighted by molar-refractivity contribution is -0.137. The minimum Gasteiger partial charge on any atom is -0.496 e. The van der Waals surface area contributed by atoms with E-state index in [2.05, 4.69) is 13.8 Å². The third-order valence-corrected chi connectivity index (χ3v) is 4.77. The van der Waals surface area contributed by atoms with Gasteiger partial charge in [0, 0.05) is 32.1 Å². The van der Waals surface area contributed by atoms with Crippen molar-refractivity contribution in [2.45, 2.75) is 39.5 Å². The van der Waals surface area contributed by atoms with Crippen molar-refractivity contribution in [1.82, 2.24) is 9.80 Å². The minimum atomic E-state index is -0.0117. The molecule has 25 heavy (non-hydrogen) atoms. The van der Waals surface area contributed by atoms with E-state index in [4.69, 9.17) is 4.74 Å². The van der Waals surface area contributed by atoms with E-state index in [0.717, 1.165) is 38.8 Å². The summed E-state index contributed by atoms with van der Waals surface area (Å²) in [4.78, 5) is 29.3. The average Bonchev–Trinajstić information content (AvgIpc) is 2.66. The number of hydrogen-bond donors (Lipinski definition) is 0. The topological polar surface area (TPSA) is 49.9 Å². The molecule has 1 aromatic rings. The number of methoxy groups -OCH3 is 1. The smallest absolute Gasteiger partial charge is 0.257 e. The van der Waals surface area contributed by atoms with Crippen molar-refractivity contribution in [2.24, 2.45) is 5.92 Å². The Balaban J connectivity index is 1.96. The molecule has 1 aliphatic rings. The molecule has 138 valence electrons. The van der Waals surface area contributed by atoms with Crippen LogP contribution in [-0.2, 0) is 4.79 Å². The first-order chi connectivity index (χ1) is 12.1. The molecule has 1 aliphatic heterocycles. The second-order valence-corrected chi connectivity index (χ2v) is 6.59. The van der Waals surface area contributed by atoms with Crippen LogP contribution in [0, 0.1) is 5.92 Å². The molecule has 0 saturated carbocycles. The molecule has 1 heterocycles. The van der Waals surface area contributed by atoms with E-state index < -0.39 is 0 Å². The van der Waals surface area contributed by atoms with Crippen molar-refractivity contribution in [2.75, 3.05) is 33.3 Å². The maximum absolute atomic E-state index is 12.7. The summed E-state index contributed by atoms with van der Waals surface area (Å²) in [6.45, 7) is 7.10. The first-order valence-electron chi connectivity index (χ1n) is 9.33. The maximum Gasteiger partial charge on any atom is 0.257 e. The summed E-state index contributed by atoms with van der Waals surface area (Å²) in [5, 5.41) is 0. The van der Waals surface area contributed by atoms with Crippen molar-refractivity contribution in [3.8, 4) is 5.75 Å². The van der Waals surface area contributed by atoms with Crippen molar-refractivity contribution >= 4 is 11.8 Å². The minimum absolute atomic E-state index is 0.0117. The third kappa shape index (κ3) is 4.74. The van der Waals surface area contributed by atoms with Gasteiger partial charge in [0.25, 0.3) is 5.91 Å². The molecular weight excluding hydrogens is 316 g/mol. The van der Waals surface area contributed by atoms with Crippen LogP contribution in [0.5, 0.6) is 5.75 Å². The molecule has 0 bridgehead atoms. The molecule has 1 aromatic carbocycles. The van der Waals surface area contributed by atoms with Crippen molar-refractivity contribution in [3.05, 3.63) is 29.8 Å². The quantitative estimate of drug-likeness (QED) is 0.762. The molecule has 0 radical (unpaired) electrons. The van der Waals surface area contributed by atoms with Gasteiger partial charge in [-0.2, -0.15) is 0 Å². The van der Waals surface area contributed by atoms with Gasteiger partial charge in [0.2, 0.25) is 5.91 Å². The van der Waals surface area contributed by atoms with E-state index in [1.807, 2.05) is 21.9 Å². The van der Waals surface area contributed by atoms with Crippen LogP contribution in [0.3, 0.4) is 0 Å². The molecule has 0 N–H and O–H groups in total. The third-order valence-electron chi connectivity index (χ3n) is 4.77. The fraction of sp³-hybridized carbons (Fsp3) is 0.600. The Morgan fingerprint density at radius 1 is 1.12 bits per heavy atom. The van der Waals surface area contributed by atoms with Gasteiger partial charge in [0.05, 0.1) is 12.7 Å². The van der Waals surface area contributed by atoms with E-state index in [-0.39, 0.29) is 17.7 Å². The zero-order valence-corrected chi connectivity index (χ0v) is 15.7. The molecule has 0 aliphatic carbocycles. The highest BCUT2D eigenvalue weighted by atomic mass is 16.5. The van der Waals surface area contributed by atoms with Gasteiger partial charge in [0.15, 0.2) is 0 Å². The van der Waals surface area contributed by atoms with Crippen molar-refractivity contribution in [1.29, 1.82) is 0 Å². The highest BCUT2D eigenvalue weighted by molar-refractivity contribution is 5.97. The summed E-state index contributed by atoms with van der Waals surface area (Å²) in [6, 6.07) is 7.30. The molecule has 5 heteroatoms. The number of para-hydroxylation sites is 1. The summed E-state index contributed by atoms with van der Waals surface area (Å²) in [5.41, 5.74) is 0.591. The van der Waals surface area contributed by atoms with E-state index >= 15 is 0 Å². The molecular formula is C20H30N2O3. The number of piperidine rings is 1. The van der Waals surface area contributed by atoms with Crippen LogP contribution in [0.25, 0.3) is 0 Å². The number of likely N-dealkylation sites (tertiary alicyclic amines) is 1. The van der Waals surface area contributed by atoms with Crippen LogP contribution < -0.4 is 4.74 Å².